The lowest BCUT2D eigenvalue weighted by Gasteiger charge is -2.24. The van der Waals surface area contributed by atoms with Gasteiger partial charge in [-0.2, -0.15) is 0 Å². The minimum Gasteiger partial charge on any atom is -0.507 e. The summed E-state index contributed by atoms with van der Waals surface area (Å²) in [6, 6.07) is 12.7. The van der Waals surface area contributed by atoms with Gasteiger partial charge in [-0.05, 0) is 42.0 Å². The molecule has 0 spiro atoms. The summed E-state index contributed by atoms with van der Waals surface area (Å²) in [6.45, 7) is 7.77. The molecular formula is C23H20ClNO4. The number of Topliss-reactive ketones (excluding diaryl/α,β-unsaturated/α-hetero) is 1. The van der Waals surface area contributed by atoms with Gasteiger partial charge >= 0.3 is 0 Å². The normalized spacial score (nSPS) is 18.0. The van der Waals surface area contributed by atoms with E-state index in [1.54, 1.807) is 54.6 Å². The van der Waals surface area contributed by atoms with Gasteiger partial charge < -0.3 is 14.7 Å². The Balaban J connectivity index is 2.09. The topological polar surface area (TPSA) is 66.8 Å². The Bertz CT molecular complexity index is 994. The van der Waals surface area contributed by atoms with Gasteiger partial charge in [-0.3, -0.25) is 9.59 Å². The molecule has 0 aliphatic carbocycles. The van der Waals surface area contributed by atoms with Crippen LogP contribution in [-0.2, 0) is 9.59 Å². The van der Waals surface area contributed by atoms with Gasteiger partial charge in [0, 0.05) is 17.1 Å². The third-order valence-electron chi connectivity index (χ3n) is 4.53. The van der Waals surface area contributed by atoms with Gasteiger partial charge in [0.25, 0.3) is 11.7 Å². The van der Waals surface area contributed by atoms with Gasteiger partial charge in [0.15, 0.2) is 0 Å². The first-order chi connectivity index (χ1) is 14.0. The van der Waals surface area contributed by atoms with Crippen molar-refractivity contribution in [1.82, 2.24) is 4.90 Å². The molecule has 3 rings (SSSR count). The first-order valence-corrected chi connectivity index (χ1v) is 9.34. The maximum absolute atomic E-state index is 12.8. The van der Waals surface area contributed by atoms with Crippen molar-refractivity contribution < 1.29 is 19.4 Å². The fraction of sp³-hybridized carbons (Fsp3) is 0.130. The van der Waals surface area contributed by atoms with Gasteiger partial charge in [-0.25, -0.2) is 0 Å². The molecule has 2 aromatic rings. The molecular weight excluding hydrogens is 390 g/mol. The summed E-state index contributed by atoms with van der Waals surface area (Å²) >= 11 is 6.12. The van der Waals surface area contributed by atoms with E-state index in [9.17, 15) is 14.7 Å². The van der Waals surface area contributed by atoms with Crippen LogP contribution in [0.4, 0.5) is 0 Å². The fourth-order valence-electron chi connectivity index (χ4n) is 3.25. The van der Waals surface area contributed by atoms with Gasteiger partial charge in [0.2, 0.25) is 0 Å². The molecule has 1 aliphatic rings. The maximum atomic E-state index is 12.8. The molecule has 0 bridgehead atoms. The minimum absolute atomic E-state index is 0.0128. The zero-order valence-electron chi connectivity index (χ0n) is 15.7. The molecule has 1 N–H and O–H groups in total. The van der Waals surface area contributed by atoms with Crippen LogP contribution < -0.4 is 4.74 Å². The Kier molecular flexibility index (Phi) is 6.20. The summed E-state index contributed by atoms with van der Waals surface area (Å²) < 4.78 is 5.44. The molecule has 148 valence electrons. The number of carbonyl (C=O) groups excluding carboxylic acids is 2. The zero-order chi connectivity index (χ0) is 21.0. The van der Waals surface area contributed by atoms with E-state index < -0.39 is 17.7 Å². The molecule has 1 saturated heterocycles. The number of carbonyl (C=O) groups is 2. The van der Waals surface area contributed by atoms with Crippen molar-refractivity contribution in [2.75, 3.05) is 13.2 Å². The first-order valence-electron chi connectivity index (χ1n) is 8.96. The number of amides is 1. The van der Waals surface area contributed by atoms with E-state index in [0.29, 0.717) is 28.5 Å². The predicted molar refractivity (Wildman–Crippen MR) is 113 cm³/mol. The highest BCUT2D eigenvalue weighted by molar-refractivity contribution is 6.46. The van der Waals surface area contributed by atoms with E-state index in [4.69, 9.17) is 16.3 Å². The van der Waals surface area contributed by atoms with Gasteiger partial charge in [-0.15, -0.1) is 6.58 Å². The quantitative estimate of drug-likeness (QED) is 0.316. The Hall–Kier alpha value is -3.31. The second-order valence-electron chi connectivity index (χ2n) is 6.42. The standard InChI is InChI=1S/C23H20ClNO4/c1-3-12-25-20(16-6-5-7-17(24)14-16)19(22(27)23(25)28)21(26)15-8-10-18(11-9-15)29-13-4-2/h3-11,14,20,26H,1-2,12-13H2/t20-/m0/s1. The van der Waals surface area contributed by atoms with Crippen LogP contribution in [0.2, 0.25) is 5.02 Å². The van der Waals surface area contributed by atoms with Crippen molar-refractivity contribution >= 4 is 29.1 Å². The maximum Gasteiger partial charge on any atom is 0.295 e. The number of aliphatic hydroxyl groups excluding tert-OH is 1. The van der Waals surface area contributed by atoms with Gasteiger partial charge in [-0.1, -0.05) is 42.5 Å². The number of nitrogens with zero attached hydrogens (tertiary/aromatic N) is 1. The Labute approximate surface area is 174 Å². The predicted octanol–water partition coefficient (Wildman–Crippen LogP) is 4.51. The zero-order valence-corrected chi connectivity index (χ0v) is 16.4. The number of rotatable bonds is 7. The van der Waals surface area contributed by atoms with Crippen LogP contribution >= 0.6 is 11.6 Å². The highest BCUT2D eigenvalue weighted by Crippen LogP contribution is 2.40. The molecule has 0 aromatic heterocycles. The van der Waals surface area contributed by atoms with Crippen molar-refractivity contribution in [2.45, 2.75) is 6.04 Å². The molecule has 0 radical (unpaired) electrons. The number of ketones is 1. The molecule has 6 heteroatoms. The lowest BCUT2D eigenvalue weighted by Crippen LogP contribution is -2.29. The second kappa shape index (κ2) is 8.80. The van der Waals surface area contributed by atoms with Crippen molar-refractivity contribution in [2.24, 2.45) is 0 Å². The van der Waals surface area contributed by atoms with Crippen molar-refractivity contribution in [3.63, 3.8) is 0 Å². The van der Waals surface area contributed by atoms with Crippen LogP contribution in [0.3, 0.4) is 0 Å². The van der Waals surface area contributed by atoms with E-state index in [0.717, 1.165) is 0 Å². The highest BCUT2D eigenvalue weighted by Gasteiger charge is 2.45. The van der Waals surface area contributed by atoms with Crippen molar-refractivity contribution in [3.8, 4) is 5.75 Å². The average Bonchev–Trinajstić information content (AvgIpc) is 2.97. The Morgan fingerprint density at radius 3 is 2.48 bits per heavy atom. The number of aliphatic hydroxyl groups is 1. The summed E-state index contributed by atoms with van der Waals surface area (Å²) in [4.78, 5) is 26.7. The van der Waals surface area contributed by atoms with Crippen LogP contribution in [0.15, 0.2) is 79.4 Å². The number of likely N-dealkylation sites (tertiary alicyclic amines) is 1. The van der Waals surface area contributed by atoms with E-state index in [1.165, 1.54) is 11.0 Å². The summed E-state index contributed by atoms with van der Waals surface area (Å²) in [5.74, 6) is -1.10. The van der Waals surface area contributed by atoms with Crippen LogP contribution in [-0.4, -0.2) is 34.8 Å². The molecule has 1 heterocycles. The monoisotopic (exact) mass is 409 g/mol. The fourth-order valence-corrected chi connectivity index (χ4v) is 3.45. The van der Waals surface area contributed by atoms with Crippen LogP contribution in [0.1, 0.15) is 17.2 Å². The number of hydrogen-bond donors (Lipinski definition) is 1. The smallest absolute Gasteiger partial charge is 0.295 e. The lowest BCUT2D eigenvalue weighted by atomic mass is 9.95. The van der Waals surface area contributed by atoms with Gasteiger partial charge in [0.05, 0.1) is 11.6 Å². The molecule has 0 unspecified atom stereocenters. The van der Waals surface area contributed by atoms with Crippen LogP contribution in [0.25, 0.3) is 5.76 Å². The third kappa shape index (κ3) is 4.10. The second-order valence-corrected chi connectivity index (χ2v) is 6.86. The van der Waals surface area contributed by atoms with Crippen LogP contribution in [0.5, 0.6) is 5.75 Å². The first kappa shape index (κ1) is 20.4. The average molecular weight is 410 g/mol. The summed E-state index contributed by atoms with van der Waals surface area (Å²) in [6.07, 6.45) is 3.16. The summed E-state index contributed by atoms with van der Waals surface area (Å²) in [5.41, 5.74) is 1.05. The Morgan fingerprint density at radius 1 is 1.14 bits per heavy atom. The minimum atomic E-state index is -0.761. The molecule has 1 aliphatic heterocycles. The molecule has 0 saturated carbocycles. The van der Waals surface area contributed by atoms with E-state index in [1.807, 2.05) is 0 Å². The number of benzene rings is 2. The van der Waals surface area contributed by atoms with E-state index >= 15 is 0 Å². The number of ether oxygens (including phenoxy) is 1. The highest BCUT2D eigenvalue weighted by atomic mass is 35.5. The van der Waals surface area contributed by atoms with Crippen LogP contribution in [0, 0.1) is 0 Å². The van der Waals surface area contributed by atoms with Crippen molar-refractivity contribution in [3.05, 3.63) is 95.6 Å². The number of halogens is 1. The summed E-state index contributed by atoms with van der Waals surface area (Å²) in [5, 5.41) is 11.4. The summed E-state index contributed by atoms with van der Waals surface area (Å²) in [7, 11) is 0. The van der Waals surface area contributed by atoms with E-state index in [2.05, 4.69) is 13.2 Å². The number of hydrogen-bond acceptors (Lipinski definition) is 4. The molecule has 5 nitrogen and oxygen atoms in total. The SMILES string of the molecule is C=CCOc1ccc(C(O)=C2C(=O)C(=O)N(CC=C)[C@H]2c2cccc(Cl)c2)cc1. The van der Waals surface area contributed by atoms with Crippen molar-refractivity contribution in [1.29, 1.82) is 0 Å². The lowest BCUT2D eigenvalue weighted by molar-refractivity contribution is -0.139. The molecule has 29 heavy (non-hydrogen) atoms. The molecule has 2 aromatic carbocycles. The third-order valence-corrected chi connectivity index (χ3v) is 4.76. The molecule has 1 atom stereocenters. The molecule has 1 amide bonds. The Morgan fingerprint density at radius 2 is 1.86 bits per heavy atom. The molecule has 1 fully saturated rings. The van der Waals surface area contributed by atoms with Gasteiger partial charge in [0.1, 0.15) is 18.1 Å². The van der Waals surface area contributed by atoms with E-state index in [-0.39, 0.29) is 17.9 Å². The largest absolute Gasteiger partial charge is 0.507 e.